The van der Waals surface area contributed by atoms with Crippen molar-refractivity contribution in [2.24, 2.45) is 0 Å². The summed E-state index contributed by atoms with van der Waals surface area (Å²) in [6, 6.07) is 6.51. The van der Waals surface area contributed by atoms with Gasteiger partial charge < -0.3 is 198 Å². The summed E-state index contributed by atoms with van der Waals surface area (Å²) in [4.78, 5) is 11.8. The smallest absolute Gasteiger partial charge is 0.303 e. The van der Waals surface area contributed by atoms with E-state index in [9.17, 15) is 127 Å². The standard InChI is InChI=1S/C57H88O41S/c58-7-17-42-26(67)34(75)50(83-17)92-43-18(8-59)85-52(36(77)28(43)69)94-45-20(10-61)87-54(38(79)30(45)71)96-47-22(12-63)89-56(40(81)32(47)73)98-49-24(14-99-16-4-1-15(2-5-16)3-6-25(65)66)90-57(41(82)33(49)74)97-48-23(13-64)88-55(39(80)31(48)72)95-46-21(11-62)86-53(37(78)29(46)70)93-44-19(9-60)84-51(91-42)35(76)27(44)68/h1-2,4-5,17-24,26-64,67-82H,3,6-14H2,(H,65,66)/t17?,18?,19?,20?,21?,22?,23?,24?,26?,27?,28?,29?,30?,31?,32?,33?,34?,35?,36?,37?,38?,39?,40?,41?,42-,43-,44-,45-,46-,47-,48-,49-,50-,51-,52-,53-,54-,55-,56-,57-/m1/s1. The van der Waals surface area contributed by atoms with E-state index >= 15 is 0 Å². The zero-order chi connectivity index (χ0) is 71.7. The minimum absolute atomic E-state index is 0.178. The number of hydrogen-bond donors (Lipinski definition) is 24. The molecule has 0 saturated carbocycles. The number of thioether (sulfide) groups is 1. The molecular formula is C57H88O41S. The van der Waals surface area contributed by atoms with Crippen molar-refractivity contribution in [1.29, 1.82) is 0 Å². The van der Waals surface area contributed by atoms with Crippen LogP contribution in [-0.4, -0.2) is 426 Å². The Morgan fingerprint density at radius 1 is 0.273 bits per heavy atom. The molecule has 0 aromatic heterocycles. The average molecular weight is 1460 g/mol. The molecule has 31 rings (SSSR count). The SMILES string of the molecule is O=C(O)CCc1ccc(SCC2O[C@@H]3O[C@@H]4C(CO)O[C@H](O[C@@H]5C(CO)O[C@H](O[C@@H]6C(CO)O[C@H](O[C@@H]7C(CO)O[C@H](O[C@@H]8C(CO)O[C@H](O[C@@H]9C(CO)O[C@H](O[C@@H]%10C(CO)O[C@H](O[C@H]2C(O)C3O)C(O)C%10O)C(O)C9O)C(O)C8O)C(O)C7O)C(O)C6O)C(O)C5O)C(O)C4O)cc1. The predicted octanol–water partition coefficient (Wildman–Crippen LogP) is -14.6. The first-order valence-corrected chi connectivity index (χ1v) is 32.8. The molecule has 30 heterocycles. The van der Waals surface area contributed by atoms with Crippen LogP contribution in [0.2, 0.25) is 0 Å². The minimum atomic E-state index is -2.26. The van der Waals surface area contributed by atoms with Crippen molar-refractivity contribution in [3.63, 3.8) is 0 Å². The summed E-state index contributed by atoms with van der Waals surface area (Å²) in [5, 5.41) is 268. The Bertz CT molecular complexity index is 2650. The van der Waals surface area contributed by atoms with E-state index < -0.39 is 298 Å². The molecule has 16 bridgehead atoms. The fraction of sp³-hybridized carbons (Fsp3) is 0.877. The molecule has 0 amide bonds. The molecule has 0 radical (unpaired) electrons. The monoisotopic (exact) mass is 1460 g/mol. The van der Waals surface area contributed by atoms with Crippen molar-refractivity contribution < 1.29 is 203 Å². The van der Waals surface area contributed by atoms with Crippen molar-refractivity contribution in [2.45, 2.75) is 263 Å². The van der Waals surface area contributed by atoms with Crippen molar-refractivity contribution >= 4 is 17.7 Å². The van der Waals surface area contributed by atoms with Gasteiger partial charge >= 0.3 is 5.97 Å². The Morgan fingerprint density at radius 2 is 0.455 bits per heavy atom. The van der Waals surface area contributed by atoms with Gasteiger partial charge in [0.25, 0.3) is 0 Å². The molecule has 30 aliphatic rings. The molecule has 99 heavy (non-hydrogen) atoms. The van der Waals surface area contributed by atoms with Crippen LogP contribution in [0.5, 0.6) is 0 Å². The van der Waals surface area contributed by atoms with E-state index in [0.29, 0.717) is 10.5 Å². The van der Waals surface area contributed by atoms with Crippen molar-refractivity contribution in [1.82, 2.24) is 0 Å². The quantitative estimate of drug-likeness (QED) is 0.0816. The van der Waals surface area contributed by atoms with E-state index in [1.54, 1.807) is 24.3 Å². The highest BCUT2D eigenvalue weighted by atomic mass is 32.2. The zero-order valence-corrected chi connectivity index (χ0v) is 52.9. The Kier molecular flexibility index (Phi) is 27.4. The Hall–Kier alpha value is -2.52. The fourth-order valence-corrected chi connectivity index (χ4v) is 14.0. The topological polar surface area (TPSA) is 650 Å². The van der Waals surface area contributed by atoms with Crippen LogP contribution in [0.15, 0.2) is 29.2 Å². The van der Waals surface area contributed by atoms with Crippen LogP contribution in [0.4, 0.5) is 0 Å². The molecule has 41 nitrogen and oxygen atoms in total. The van der Waals surface area contributed by atoms with E-state index in [1.165, 1.54) is 0 Å². The largest absolute Gasteiger partial charge is 0.481 e. The van der Waals surface area contributed by atoms with Gasteiger partial charge in [-0.3, -0.25) is 4.79 Å². The third-order valence-corrected chi connectivity index (χ3v) is 19.8. The molecule has 24 N–H and O–H groups in total. The van der Waals surface area contributed by atoms with E-state index in [-0.39, 0.29) is 18.6 Å². The van der Waals surface area contributed by atoms with Crippen LogP contribution in [0.1, 0.15) is 12.0 Å². The molecule has 24 unspecified atom stereocenters. The number of carboxylic acid groups (broad SMARTS) is 1. The van der Waals surface area contributed by atoms with Crippen LogP contribution < -0.4 is 0 Å². The summed E-state index contributed by atoms with van der Waals surface area (Å²) in [5.41, 5.74) is 0.648. The van der Waals surface area contributed by atoms with Crippen molar-refractivity contribution in [3.05, 3.63) is 29.8 Å². The number of carbonyl (C=O) groups is 1. The highest BCUT2D eigenvalue weighted by molar-refractivity contribution is 7.99. The van der Waals surface area contributed by atoms with Gasteiger partial charge in [-0.05, 0) is 24.1 Å². The van der Waals surface area contributed by atoms with Gasteiger partial charge in [-0.15, -0.1) is 11.8 Å². The van der Waals surface area contributed by atoms with Crippen LogP contribution in [0.25, 0.3) is 0 Å². The van der Waals surface area contributed by atoms with Gasteiger partial charge in [0.15, 0.2) is 50.3 Å². The lowest BCUT2D eigenvalue weighted by atomic mass is 9.95. The number of ether oxygens (including phenoxy) is 16. The highest BCUT2D eigenvalue weighted by Crippen LogP contribution is 2.41. The van der Waals surface area contributed by atoms with E-state index in [2.05, 4.69) is 0 Å². The second kappa shape index (κ2) is 34.4. The van der Waals surface area contributed by atoms with Gasteiger partial charge in [0.05, 0.1) is 52.4 Å². The zero-order valence-electron chi connectivity index (χ0n) is 52.1. The first-order chi connectivity index (χ1) is 47.2. The molecule has 0 aliphatic carbocycles. The van der Waals surface area contributed by atoms with Crippen molar-refractivity contribution in [2.75, 3.05) is 52.0 Å². The second-order valence-electron chi connectivity index (χ2n) is 25.1. The molecule has 568 valence electrons. The molecule has 1 aromatic carbocycles. The Balaban J connectivity index is 0.929. The normalized spacial score (nSPS) is 50.5. The third kappa shape index (κ3) is 16.7. The van der Waals surface area contributed by atoms with Crippen molar-refractivity contribution in [3.8, 4) is 0 Å². The van der Waals surface area contributed by atoms with Crippen LogP contribution in [-0.2, 0) is 87.0 Å². The average Bonchev–Trinajstić information content (AvgIpc) is 0.783. The molecule has 1 aromatic rings. The van der Waals surface area contributed by atoms with Crippen LogP contribution in [0.3, 0.4) is 0 Å². The number of benzene rings is 1. The Labute approximate surface area is 564 Å². The van der Waals surface area contributed by atoms with Gasteiger partial charge in [-0.2, -0.15) is 0 Å². The maximum absolute atomic E-state index is 12.0. The number of hydrogen-bond acceptors (Lipinski definition) is 41. The summed E-state index contributed by atoms with van der Waals surface area (Å²) in [6.45, 7) is -7.60. The summed E-state index contributed by atoms with van der Waals surface area (Å²) in [6.07, 6.45) is -81.9. The molecule has 30 aliphatic heterocycles. The van der Waals surface area contributed by atoms with Gasteiger partial charge in [-0.25, -0.2) is 0 Å². The van der Waals surface area contributed by atoms with E-state index in [0.717, 1.165) is 11.8 Å². The summed E-state index contributed by atoms with van der Waals surface area (Å²) in [7, 11) is 0. The fourth-order valence-electron chi connectivity index (χ4n) is 13.1. The van der Waals surface area contributed by atoms with Gasteiger partial charge in [-0.1, -0.05) is 12.1 Å². The lowest BCUT2D eigenvalue weighted by Crippen LogP contribution is -2.69. The summed E-state index contributed by atoms with van der Waals surface area (Å²) >= 11 is 1.04. The summed E-state index contributed by atoms with van der Waals surface area (Å²) in [5.74, 6) is -1.31. The lowest BCUT2D eigenvalue weighted by molar-refractivity contribution is -0.403. The number of carboxylic acids is 1. The first kappa shape index (κ1) is 79.1. The van der Waals surface area contributed by atoms with Crippen LogP contribution >= 0.6 is 11.8 Å². The van der Waals surface area contributed by atoms with Gasteiger partial charge in [0.1, 0.15) is 189 Å². The number of rotatable bonds is 13. The molecule has 30 fully saturated rings. The van der Waals surface area contributed by atoms with E-state index in [4.69, 9.17) is 75.8 Å². The lowest BCUT2D eigenvalue weighted by Gasteiger charge is -2.50. The second-order valence-corrected chi connectivity index (χ2v) is 26.2. The first-order valence-electron chi connectivity index (χ1n) is 31.8. The van der Waals surface area contributed by atoms with E-state index in [1.807, 2.05) is 0 Å². The number of aliphatic hydroxyl groups is 23. The van der Waals surface area contributed by atoms with Gasteiger partial charge in [0.2, 0.25) is 0 Å². The third-order valence-electron chi connectivity index (χ3n) is 18.7. The Morgan fingerprint density at radius 3 is 0.636 bits per heavy atom. The minimum Gasteiger partial charge on any atom is -0.481 e. The summed E-state index contributed by atoms with van der Waals surface area (Å²) < 4.78 is 93.1. The maximum Gasteiger partial charge on any atom is 0.303 e. The molecule has 0 spiro atoms. The number of aliphatic carboxylic acids is 1. The number of aryl methyl sites for hydroxylation is 1. The number of aliphatic hydroxyl groups excluding tert-OH is 23. The maximum atomic E-state index is 12.0. The molecule has 40 atom stereocenters. The predicted molar refractivity (Wildman–Crippen MR) is 307 cm³/mol. The molecular weight excluding hydrogens is 1370 g/mol. The van der Waals surface area contributed by atoms with Crippen LogP contribution in [0, 0.1) is 0 Å². The van der Waals surface area contributed by atoms with Gasteiger partial charge in [0, 0.05) is 17.1 Å². The molecule has 42 heteroatoms. The highest BCUT2D eigenvalue weighted by Gasteiger charge is 2.60. The molecule has 30 saturated heterocycles.